The molecule has 36 heavy (non-hydrogen) atoms. The second-order valence-electron chi connectivity index (χ2n) is 8.34. The molecule has 0 bridgehead atoms. The van der Waals surface area contributed by atoms with E-state index in [9.17, 15) is 19.1 Å². The number of pyridine rings is 1. The van der Waals surface area contributed by atoms with E-state index < -0.39 is 12.0 Å². The predicted octanol–water partition coefficient (Wildman–Crippen LogP) is 4.58. The first-order chi connectivity index (χ1) is 17.3. The van der Waals surface area contributed by atoms with Crippen molar-refractivity contribution < 1.29 is 14.3 Å². The van der Waals surface area contributed by atoms with Crippen molar-refractivity contribution in [2.24, 2.45) is 0 Å². The molecule has 182 valence electrons. The third-order valence-corrected chi connectivity index (χ3v) is 5.98. The molecule has 7 heteroatoms. The molecule has 1 aromatic heterocycles. The summed E-state index contributed by atoms with van der Waals surface area (Å²) in [7, 11) is 0. The van der Waals surface area contributed by atoms with Gasteiger partial charge in [0.05, 0.1) is 5.69 Å². The van der Waals surface area contributed by atoms with Crippen LogP contribution in [0.1, 0.15) is 28.3 Å². The maximum absolute atomic E-state index is 13.3. The molecule has 0 aliphatic rings. The first kappa shape index (κ1) is 24.6. The fourth-order valence-electron chi connectivity index (χ4n) is 4.05. The molecular weight excluding hydrogens is 457 g/mol. The summed E-state index contributed by atoms with van der Waals surface area (Å²) in [6.07, 6.45) is 0.600. The average molecular weight is 484 g/mol. The highest BCUT2D eigenvalue weighted by atomic mass is 19.1. The number of carboxylic acid groups (broad SMARTS) is 1. The van der Waals surface area contributed by atoms with Crippen molar-refractivity contribution in [3.05, 3.63) is 136 Å². The molecule has 0 aliphatic carbocycles. The number of nitrogens with one attached hydrogen (secondary N) is 1. The molecule has 6 nitrogen and oxygen atoms in total. The summed E-state index contributed by atoms with van der Waals surface area (Å²) in [5.41, 5.74) is 10.2. The van der Waals surface area contributed by atoms with Crippen molar-refractivity contribution in [2.45, 2.75) is 12.5 Å². The largest absolute Gasteiger partial charge is 0.480 e. The number of hydrogen-bond acceptors (Lipinski definition) is 4. The molecule has 1 heterocycles. The average Bonchev–Trinajstić information content (AvgIpc) is 2.88. The van der Waals surface area contributed by atoms with Crippen molar-refractivity contribution in [1.29, 1.82) is 0 Å². The number of nitrogen functional groups attached to an aromatic ring is 1. The zero-order chi connectivity index (χ0) is 25.7. The standard InChI is InChI=1S/C29H26FN3O3/c1-19(21-9-11-23(30)12-10-21)25-15-16-26(34)33(28(25)31)24-13-7-20(8-14-24)17-18-32-27(29(35)36)22-5-3-2-4-6-22/h2-16,27,32H,1,17-18,31H2,(H,35,36)/t27-/m0/s1. The monoisotopic (exact) mass is 483 g/mol. The Bertz CT molecular complexity index is 1430. The third-order valence-electron chi connectivity index (χ3n) is 5.98. The quantitative estimate of drug-likeness (QED) is 0.324. The van der Waals surface area contributed by atoms with Crippen LogP contribution in [0.3, 0.4) is 0 Å². The molecule has 0 aliphatic heterocycles. The Morgan fingerprint density at radius 1 is 0.972 bits per heavy atom. The van der Waals surface area contributed by atoms with Crippen LogP contribution in [0, 0.1) is 5.82 Å². The fourth-order valence-corrected chi connectivity index (χ4v) is 4.05. The molecule has 1 atom stereocenters. The summed E-state index contributed by atoms with van der Waals surface area (Å²) in [5, 5.41) is 12.6. The van der Waals surface area contributed by atoms with Crippen LogP contribution < -0.4 is 16.6 Å². The van der Waals surface area contributed by atoms with E-state index in [-0.39, 0.29) is 17.2 Å². The van der Waals surface area contributed by atoms with Crippen LogP contribution in [0.4, 0.5) is 10.2 Å². The Kier molecular flexibility index (Phi) is 7.42. The van der Waals surface area contributed by atoms with Crippen molar-refractivity contribution in [3.8, 4) is 5.69 Å². The number of aliphatic carboxylic acids is 1. The topological polar surface area (TPSA) is 97.3 Å². The minimum absolute atomic E-state index is 0.235. The van der Waals surface area contributed by atoms with Gasteiger partial charge in [0.2, 0.25) is 0 Å². The van der Waals surface area contributed by atoms with Crippen LogP contribution in [0.5, 0.6) is 0 Å². The van der Waals surface area contributed by atoms with E-state index >= 15 is 0 Å². The molecule has 0 amide bonds. The second kappa shape index (κ2) is 10.8. The van der Waals surface area contributed by atoms with E-state index in [0.29, 0.717) is 40.9 Å². The highest BCUT2D eigenvalue weighted by molar-refractivity contribution is 5.83. The van der Waals surface area contributed by atoms with Gasteiger partial charge >= 0.3 is 5.97 Å². The maximum Gasteiger partial charge on any atom is 0.325 e. The van der Waals surface area contributed by atoms with Crippen molar-refractivity contribution >= 4 is 17.4 Å². The molecule has 3 aromatic carbocycles. The Morgan fingerprint density at radius 2 is 1.64 bits per heavy atom. The van der Waals surface area contributed by atoms with Gasteiger partial charge in [0.25, 0.3) is 5.56 Å². The molecule has 0 saturated heterocycles. The van der Waals surface area contributed by atoms with Crippen LogP contribution in [0.2, 0.25) is 0 Å². The third kappa shape index (κ3) is 5.42. The van der Waals surface area contributed by atoms with Crippen LogP contribution in [0.15, 0.2) is 102 Å². The lowest BCUT2D eigenvalue weighted by Gasteiger charge is -2.16. The molecule has 4 rings (SSSR count). The van der Waals surface area contributed by atoms with E-state index in [4.69, 9.17) is 5.73 Å². The van der Waals surface area contributed by atoms with E-state index in [1.54, 1.807) is 42.5 Å². The van der Waals surface area contributed by atoms with Crippen LogP contribution >= 0.6 is 0 Å². The number of benzene rings is 3. The Hall–Kier alpha value is -4.49. The summed E-state index contributed by atoms with van der Waals surface area (Å²) in [6.45, 7) is 4.54. The van der Waals surface area contributed by atoms with Crippen LogP contribution in [-0.2, 0) is 11.2 Å². The van der Waals surface area contributed by atoms with Gasteiger partial charge in [0.15, 0.2) is 0 Å². The van der Waals surface area contributed by atoms with Gasteiger partial charge in [-0.05, 0) is 59.0 Å². The van der Waals surface area contributed by atoms with Crippen LogP contribution in [-0.4, -0.2) is 22.2 Å². The Morgan fingerprint density at radius 3 is 2.28 bits per heavy atom. The number of nitrogens with two attached hydrogens (primary N) is 1. The summed E-state index contributed by atoms with van der Waals surface area (Å²) >= 11 is 0. The zero-order valence-corrected chi connectivity index (χ0v) is 19.5. The molecule has 4 aromatic rings. The van der Waals surface area contributed by atoms with Gasteiger partial charge < -0.3 is 16.2 Å². The lowest BCUT2D eigenvalue weighted by atomic mass is 10.00. The van der Waals surface area contributed by atoms with Crippen molar-refractivity contribution in [2.75, 3.05) is 12.3 Å². The lowest BCUT2D eigenvalue weighted by molar-refractivity contribution is -0.139. The van der Waals surface area contributed by atoms with E-state index in [2.05, 4.69) is 11.9 Å². The lowest BCUT2D eigenvalue weighted by Crippen LogP contribution is -2.30. The number of carboxylic acids is 1. The minimum atomic E-state index is -0.937. The number of aromatic nitrogens is 1. The molecule has 0 unspecified atom stereocenters. The van der Waals surface area contributed by atoms with Gasteiger partial charge in [-0.15, -0.1) is 0 Å². The summed E-state index contributed by atoms with van der Waals surface area (Å²) < 4.78 is 14.7. The first-order valence-electron chi connectivity index (χ1n) is 11.4. The minimum Gasteiger partial charge on any atom is -0.480 e. The van der Waals surface area contributed by atoms with Gasteiger partial charge in [-0.1, -0.05) is 61.2 Å². The molecule has 0 radical (unpaired) electrons. The number of carbonyl (C=O) groups is 1. The normalized spacial score (nSPS) is 11.7. The van der Waals surface area contributed by atoms with E-state index in [0.717, 1.165) is 5.56 Å². The fraction of sp³-hybridized carbons (Fsp3) is 0.103. The summed E-state index contributed by atoms with van der Waals surface area (Å²) in [4.78, 5) is 24.3. The van der Waals surface area contributed by atoms with E-state index in [1.807, 2.05) is 30.3 Å². The van der Waals surface area contributed by atoms with Gasteiger partial charge in [0.1, 0.15) is 17.7 Å². The summed E-state index contributed by atoms with van der Waals surface area (Å²) in [6, 6.07) is 24.5. The maximum atomic E-state index is 13.3. The number of halogens is 1. The number of hydrogen-bond donors (Lipinski definition) is 3. The van der Waals surface area contributed by atoms with Gasteiger partial charge in [0, 0.05) is 18.2 Å². The molecule has 0 fully saturated rings. The second-order valence-corrected chi connectivity index (χ2v) is 8.34. The van der Waals surface area contributed by atoms with Gasteiger partial charge in [-0.2, -0.15) is 0 Å². The number of rotatable bonds is 9. The highest BCUT2D eigenvalue weighted by Crippen LogP contribution is 2.27. The van der Waals surface area contributed by atoms with Gasteiger partial charge in [-0.3, -0.25) is 14.2 Å². The van der Waals surface area contributed by atoms with Crippen molar-refractivity contribution in [1.82, 2.24) is 9.88 Å². The first-order valence-corrected chi connectivity index (χ1v) is 11.4. The smallest absolute Gasteiger partial charge is 0.325 e. The Labute approximate surface area is 208 Å². The molecular formula is C29H26FN3O3. The molecule has 0 saturated carbocycles. The highest BCUT2D eigenvalue weighted by Gasteiger charge is 2.18. The zero-order valence-electron chi connectivity index (χ0n) is 19.5. The Balaban J connectivity index is 1.50. The molecule has 0 spiro atoms. The number of nitrogens with zero attached hydrogens (tertiary/aromatic N) is 1. The predicted molar refractivity (Wildman–Crippen MR) is 140 cm³/mol. The van der Waals surface area contributed by atoms with Gasteiger partial charge in [-0.25, -0.2) is 4.39 Å². The van der Waals surface area contributed by atoms with Crippen LogP contribution in [0.25, 0.3) is 11.3 Å². The molecule has 4 N–H and O–H groups in total. The van der Waals surface area contributed by atoms with E-state index in [1.165, 1.54) is 22.8 Å². The number of anilines is 1. The van der Waals surface area contributed by atoms with Crippen molar-refractivity contribution in [3.63, 3.8) is 0 Å². The summed E-state index contributed by atoms with van der Waals surface area (Å²) in [5.74, 6) is -1.05. The SMILES string of the molecule is C=C(c1ccc(F)cc1)c1ccc(=O)n(-c2ccc(CCN[C@H](C(=O)O)c3ccccc3)cc2)c1N.